The molecule has 1 unspecified atom stereocenters. The SMILES string of the molecule is C[NH+](CC(=O)NC(C)(C)C)[C@H](C(=O)N1CCCC1)c1ccccc1. The second-order valence-electron chi connectivity index (χ2n) is 7.70. The lowest BCUT2D eigenvalue weighted by Gasteiger charge is -2.29. The van der Waals surface area contributed by atoms with Crippen molar-refractivity contribution < 1.29 is 14.5 Å². The lowest BCUT2D eigenvalue weighted by Crippen LogP contribution is -3.11. The van der Waals surface area contributed by atoms with E-state index in [-0.39, 0.29) is 29.9 Å². The molecule has 1 aromatic carbocycles. The summed E-state index contributed by atoms with van der Waals surface area (Å²) in [5.74, 6) is 0.0925. The van der Waals surface area contributed by atoms with E-state index in [1.165, 1.54) is 0 Å². The summed E-state index contributed by atoms with van der Waals surface area (Å²) in [4.78, 5) is 28.2. The van der Waals surface area contributed by atoms with Crippen LogP contribution in [-0.4, -0.2) is 48.9 Å². The largest absolute Gasteiger partial charge is 0.347 e. The lowest BCUT2D eigenvalue weighted by molar-refractivity contribution is -0.894. The number of likely N-dealkylation sites (tertiary alicyclic amines) is 1. The van der Waals surface area contributed by atoms with Crippen LogP contribution in [0.2, 0.25) is 0 Å². The van der Waals surface area contributed by atoms with Crippen LogP contribution in [0.5, 0.6) is 0 Å². The molecule has 5 heteroatoms. The third kappa shape index (κ3) is 5.06. The first kappa shape index (κ1) is 18.5. The van der Waals surface area contributed by atoms with E-state index in [4.69, 9.17) is 0 Å². The van der Waals surface area contributed by atoms with Crippen molar-refractivity contribution in [2.24, 2.45) is 0 Å². The number of likely N-dealkylation sites (N-methyl/N-ethyl adjacent to an activating group) is 1. The van der Waals surface area contributed by atoms with Crippen molar-refractivity contribution >= 4 is 11.8 Å². The van der Waals surface area contributed by atoms with E-state index in [0.29, 0.717) is 0 Å². The highest BCUT2D eigenvalue weighted by molar-refractivity contribution is 5.83. The molecule has 1 aliphatic heterocycles. The van der Waals surface area contributed by atoms with E-state index in [1.807, 2.05) is 63.1 Å². The summed E-state index contributed by atoms with van der Waals surface area (Å²) in [6.07, 6.45) is 2.13. The zero-order valence-corrected chi connectivity index (χ0v) is 15.3. The Morgan fingerprint density at radius 2 is 1.75 bits per heavy atom. The van der Waals surface area contributed by atoms with Crippen LogP contribution in [0.3, 0.4) is 0 Å². The molecule has 0 aromatic heterocycles. The lowest BCUT2D eigenvalue weighted by atomic mass is 10.0. The van der Waals surface area contributed by atoms with Crippen molar-refractivity contribution in [1.29, 1.82) is 0 Å². The highest BCUT2D eigenvalue weighted by Gasteiger charge is 2.35. The number of quaternary nitrogens is 1. The Balaban J connectivity index is 2.15. The summed E-state index contributed by atoms with van der Waals surface area (Å²) in [7, 11) is 1.92. The molecule has 0 radical (unpaired) electrons. The quantitative estimate of drug-likeness (QED) is 0.837. The Hall–Kier alpha value is -1.88. The first-order chi connectivity index (χ1) is 11.3. The Labute approximate surface area is 145 Å². The van der Waals surface area contributed by atoms with E-state index < -0.39 is 0 Å². The van der Waals surface area contributed by atoms with E-state index in [1.54, 1.807) is 0 Å². The number of nitrogens with zero attached hydrogens (tertiary/aromatic N) is 1. The molecule has 5 nitrogen and oxygen atoms in total. The Morgan fingerprint density at radius 3 is 2.29 bits per heavy atom. The second kappa shape index (κ2) is 7.79. The zero-order valence-electron chi connectivity index (χ0n) is 15.3. The molecule has 2 atom stereocenters. The third-order valence-corrected chi connectivity index (χ3v) is 4.24. The third-order valence-electron chi connectivity index (χ3n) is 4.24. The minimum absolute atomic E-state index is 0.0323. The molecule has 24 heavy (non-hydrogen) atoms. The Kier molecular flexibility index (Phi) is 5.99. The van der Waals surface area contributed by atoms with Crippen LogP contribution >= 0.6 is 0 Å². The van der Waals surface area contributed by atoms with Crippen LogP contribution in [0.1, 0.15) is 45.2 Å². The standard InChI is InChI=1S/C19H29N3O2/c1-19(2,3)20-16(23)14-21(4)17(15-10-6-5-7-11-15)18(24)22-12-8-9-13-22/h5-7,10-11,17H,8-9,12-14H2,1-4H3,(H,20,23)/p+1/t17-/m0/s1. The highest BCUT2D eigenvalue weighted by Crippen LogP contribution is 2.16. The summed E-state index contributed by atoms with van der Waals surface area (Å²) in [6, 6.07) is 9.45. The molecule has 2 rings (SSSR count). The molecule has 1 saturated heterocycles. The van der Waals surface area contributed by atoms with Gasteiger partial charge in [0.05, 0.1) is 7.05 Å². The molecule has 2 N–H and O–H groups in total. The maximum Gasteiger partial charge on any atom is 0.285 e. The highest BCUT2D eigenvalue weighted by atomic mass is 16.2. The number of rotatable bonds is 5. The van der Waals surface area contributed by atoms with Gasteiger partial charge in [0.2, 0.25) is 0 Å². The number of carbonyl (C=O) groups is 2. The minimum Gasteiger partial charge on any atom is -0.347 e. The van der Waals surface area contributed by atoms with Crippen LogP contribution in [-0.2, 0) is 9.59 Å². The van der Waals surface area contributed by atoms with Gasteiger partial charge in [-0.3, -0.25) is 9.59 Å². The fourth-order valence-electron chi connectivity index (χ4n) is 3.22. The van der Waals surface area contributed by atoms with Crippen LogP contribution in [0.4, 0.5) is 0 Å². The van der Waals surface area contributed by atoms with Gasteiger partial charge in [0, 0.05) is 24.2 Å². The molecular formula is C19H30N3O2+. The van der Waals surface area contributed by atoms with Crippen molar-refractivity contribution in [3.05, 3.63) is 35.9 Å². The number of benzene rings is 1. The monoisotopic (exact) mass is 332 g/mol. The molecule has 0 bridgehead atoms. The van der Waals surface area contributed by atoms with Crippen molar-refractivity contribution in [1.82, 2.24) is 10.2 Å². The molecular weight excluding hydrogens is 302 g/mol. The summed E-state index contributed by atoms with van der Waals surface area (Å²) < 4.78 is 0. The van der Waals surface area contributed by atoms with Crippen molar-refractivity contribution in [3.63, 3.8) is 0 Å². The number of amides is 2. The van der Waals surface area contributed by atoms with Crippen LogP contribution in [0.25, 0.3) is 0 Å². The molecule has 2 amide bonds. The molecule has 1 heterocycles. The zero-order chi connectivity index (χ0) is 17.7. The average Bonchev–Trinajstić information content (AvgIpc) is 3.00. The summed E-state index contributed by atoms with van der Waals surface area (Å²) in [5, 5.41) is 2.98. The maximum atomic E-state index is 13.0. The number of carbonyl (C=O) groups excluding carboxylic acids is 2. The van der Waals surface area contributed by atoms with Gasteiger partial charge in [-0.2, -0.15) is 0 Å². The summed E-state index contributed by atoms with van der Waals surface area (Å²) in [5.41, 5.74) is 0.703. The smallest absolute Gasteiger partial charge is 0.285 e. The van der Waals surface area contributed by atoms with Crippen LogP contribution in [0, 0.1) is 0 Å². The van der Waals surface area contributed by atoms with E-state index in [9.17, 15) is 9.59 Å². The summed E-state index contributed by atoms with van der Waals surface area (Å²) >= 11 is 0. The first-order valence-corrected chi connectivity index (χ1v) is 8.75. The van der Waals surface area contributed by atoms with Gasteiger partial charge in [-0.05, 0) is 33.6 Å². The average molecular weight is 332 g/mol. The Morgan fingerprint density at radius 1 is 1.17 bits per heavy atom. The molecule has 1 fully saturated rings. The van der Waals surface area contributed by atoms with Gasteiger partial charge >= 0.3 is 0 Å². The Bertz CT molecular complexity index is 560. The predicted molar refractivity (Wildman–Crippen MR) is 94.6 cm³/mol. The fraction of sp³-hybridized carbons (Fsp3) is 0.579. The fourth-order valence-corrected chi connectivity index (χ4v) is 3.22. The second-order valence-corrected chi connectivity index (χ2v) is 7.70. The van der Waals surface area contributed by atoms with Crippen molar-refractivity contribution in [2.75, 3.05) is 26.7 Å². The molecule has 0 saturated carbocycles. The molecule has 0 spiro atoms. The van der Waals surface area contributed by atoms with Gasteiger partial charge in [-0.1, -0.05) is 30.3 Å². The minimum atomic E-state index is -0.338. The van der Waals surface area contributed by atoms with Gasteiger partial charge in [0.25, 0.3) is 11.8 Å². The van der Waals surface area contributed by atoms with Gasteiger partial charge in [-0.25, -0.2) is 0 Å². The topological polar surface area (TPSA) is 53.9 Å². The molecule has 1 aromatic rings. The summed E-state index contributed by atoms with van der Waals surface area (Å²) in [6.45, 7) is 7.81. The predicted octanol–water partition coefficient (Wildman–Crippen LogP) is 0.780. The van der Waals surface area contributed by atoms with Gasteiger partial charge in [0.15, 0.2) is 12.6 Å². The van der Waals surface area contributed by atoms with Gasteiger partial charge in [0.1, 0.15) is 0 Å². The van der Waals surface area contributed by atoms with E-state index in [0.717, 1.165) is 36.4 Å². The maximum absolute atomic E-state index is 13.0. The van der Waals surface area contributed by atoms with Crippen molar-refractivity contribution in [3.8, 4) is 0 Å². The number of hydrogen-bond acceptors (Lipinski definition) is 2. The van der Waals surface area contributed by atoms with Crippen LogP contribution < -0.4 is 10.2 Å². The van der Waals surface area contributed by atoms with Crippen molar-refractivity contribution in [2.45, 2.75) is 45.2 Å². The van der Waals surface area contributed by atoms with Gasteiger partial charge < -0.3 is 15.1 Å². The molecule has 0 aliphatic carbocycles. The van der Waals surface area contributed by atoms with E-state index >= 15 is 0 Å². The normalized spacial score (nSPS) is 17.4. The van der Waals surface area contributed by atoms with E-state index in [2.05, 4.69) is 5.32 Å². The molecule has 1 aliphatic rings. The number of hydrogen-bond donors (Lipinski definition) is 2. The van der Waals surface area contributed by atoms with Crippen LogP contribution in [0.15, 0.2) is 30.3 Å². The first-order valence-electron chi connectivity index (χ1n) is 8.75. The molecule has 132 valence electrons. The van der Waals surface area contributed by atoms with Gasteiger partial charge in [-0.15, -0.1) is 0 Å². The number of nitrogens with one attached hydrogen (secondary N) is 2.